The maximum Gasteiger partial charge on any atom is 0.416 e. The summed E-state index contributed by atoms with van der Waals surface area (Å²) < 4.78 is 39.8. The maximum atomic E-state index is 13.4. The Bertz CT molecular complexity index is 1720. The molecule has 1 fully saturated rings. The lowest BCUT2D eigenvalue weighted by Gasteiger charge is -2.23. The SMILES string of the molecule is O=C(c1cccc(C(F)(F)F)c1)N(Cc1cccc(-c2ccc3ncnc(NCCc4ccccc4)c3c2)c1)C1CC1. The average molecular weight is 567 g/mol. The molecule has 1 aromatic heterocycles. The molecule has 5 nitrogen and oxygen atoms in total. The normalized spacial score (nSPS) is 13.2. The molecule has 1 N–H and O–H groups in total. The van der Waals surface area contributed by atoms with Crippen molar-refractivity contribution < 1.29 is 18.0 Å². The van der Waals surface area contributed by atoms with E-state index in [1.807, 2.05) is 54.6 Å². The van der Waals surface area contributed by atoms with Gasteiger partial charge in [-0.3, -0.25) is 4.79 Å². The van der Waals surface area contributed by atoms with Crippen LogP contribution in [0, 0.1) is 0 Å². The van der Waals surface area contributed by atoms with Crippen LogP contribution in [0.1, 0.15) is 39.9 Å². The number of nitrogens with one attached hydrogen (secondary N) is 1. The number of rotatable bonds is 9. The Hall–Kier alpha value is -4.72. The predicted octanol–water partition coefficient (Wildman–Crippen LogP) is 7.78. The molecule has 8 heteroatoms. The number of hydrogen-bond acceptors (Lipinski definition) is 4. The van der Waals surface area contributed by atoms with E-state index in [-0.39, 0.29) is 17.5 Å². The van der Waals surface area contributed by atoms with Gasteiger partial charge in [0.05, 0.1) is 11.1 Å². The second kappa shape index (κ2) is 11.6. The zero-order chi connectivity index (χ0) is 29.1. The van der Waals surface area contributed by atoms with Crippen molar-refractivity contribution in [3.63, 3.8) is 0 Å². The summed E-state index contributed by atoms with van der Waals surface area (Å²) in [7, 11) is 0. The quantitative estimate of drug-likeness (QED) is 0.198. The molecule has 1 heterocycles. The molecule has 6 rings (SSSR count). The van der Waals surface area contributed by atoms with Crippen LogP contribution in [-0.2, 0) is 19.1 Å². The summed E-state index contributed by atoms with van der Waals surface area (Å²) in [5, 5.41) is 4.36. The molecule has 0 bridgehead atoms. The lowest BCUT2D eigenvalue weighted by Crippen LogP contribution is -2.32. The van der Waals surface area contributed by atoms with E-state index in [0.29, 0.717) is 6.54 Å². The van der Waals surface area contributed by atoms with Crippen LogP contribution in [0.5, 0.6) is 0 Å². The van der Waals surface area contributed by atoms with Crippen molar-refractivity contribution in [2.75, 3.05) is 11.9 Å². The van der Waals surface area contributed by atoms with Crippen molar-refractivity contribution in [2.24, 2.45) is 0 Å². The molecular formula is C34H29F3N4O. The summed E-state index contributed by atoms with van der Waals surface area (Å²) in [4.78, 5) is 24.0. The van der Waals surface area contributed by atoms with E-state index in [0.717, 1.165) is 71.4 Å². The Balaban J connectivity index is 1.22. The van der Waals surface area contributed by atoms with E-state index in [9.17, 15) is 18.0 Å². The molecular weight excluding hydrogens is 537 g/mol. The minimum atomic E-state index is -4.50. The second-order valence-electron chi connectivity index (χ2n) is 10.6. The van der Waals surface area contributed by atoms with Gasteiger partial charge in [-0.15, -0.1) is 0 Å². The van der Waals surface area contributed by atoms with Gasteiger partial charge < -0.3 is 10.2 Å². The van der Waals surface area contributed by atoms with Crippen molar-refractivity contribution in [3.8, 4) is 11.1 Å². The highest BCUT2D eigenvalue weighted by Gasteiger charge is 2.35. The number of carbonyl (C=O) groups is 1. The van der Waals surface area contributed by atoms with Gasteiger partial charge in [-0.1, -0.05) is 60.7 Å². The van der Waals surface area contributed by atoms with Gasteiger partial charge in [0.15, 0.2) is 0 Å². The summed E-state index contributed by atoms with van der Waals surface area (Å²) in [6.07, 6.45) is -0.395. The van der Waals surface area contributed by atoms with Crippen LogP contribution in [0.3, 0.4) is 0 Å². The van der Waals surface area contributed by atoms with Crippen molar-refractivity contribution in [1.29, 1.82) is 0 Å². The van der Waals surface area contributed by atoms with Crippen molar-refractivity contribution in [2.45, 2.75) is 38.0 Å². The van der Waals surface area contributed by atoms with Gasteiger partial charge in [-0.25, -0.2) is 9.97 Å². The van der Waals surface area contributed by atoms with Gasteiger partial charge in [-0.2, -0.15) is 13.2 Å². The molecule has 1 aliphatic rings. The third-order valence-electron chi connectivity index (χ3n) is 7.48. The van der Waals surface area contributed by atoms with E-state index in [4.69, 9.17) is 0 Å². The fourth-order valence-corrected chi connectivity index (χ4v) is 5.14. The molecule has 0 saturated heterocycles. The number of aromatic nitrogens is 2. The van der Waals surface area contributed by atoms with Crippen molar-refractivity contribution in [1.82, 2.24) is 14.9 Å². The highest BCUT2D eigenvalue weighted by molar-refractivity contribution is 5.95. The number of benzene rings is 4. The van der Waals surface area contributed by atoms with Gasteiger partial charge in [-0.05, 0) is 77.9 Å². The van der Waals surface area contributed by atoms with E-state index < -0.39 is 11.7 Å². The Morgan fingerprint density at radius 1 is 0.833 bits per heavy atom. The Morgan fingerprint density at radius 2 is 1.60 bits per heavy atom. The first-order valence-electron chi connectivity index (χ1n) is 14.0. The number of amides is 1. The summed E-state index contributed by atoms with van der Waals surface area (Å²) in [5.41, 5.74) is 4.16. The zero-order valence-electron chi connectivity index (χ0n) is 22.8. The molecule has 1 amide bonds. The van der Waals surface area contributed by atoms with Crippen LogP contribution >= 0.6 is 0 Å². The fourth-order valence-electron chi connectivity index (χ4n) is 5.14. The van der Waals surface area contributed by atoms with E-state index in [2.05, 4.69) is 33.5 Å². The first-order valence-corrected chi connectivity index (χ1v) is 14.0. The molecule has 42 heavy (non-hydrogen) atoms. The molecule has 5 aromatic rings. The highest BCUT2D eigenvalue weighted by Crippen LogP contribution is 2.34. The van der Waals surface area contributed by atoms with Gasteiger partial charge in [0, 0.05) is 30.1 Å². The summed E-state index contributed by atoms with van der Waals surface area (Å²) in [6, 6.07) is 28.9. The van der Waals surface area contributed by atoms with E-state index >= 15 is 0 Å². The van der Waals surface area contributed by atoms with E-state index in [1.54, 1.807) is 11.2 Å². The lowest BCUT2D eigenvalue weighted by molar-refractivity contribution is -0.137. The smallest absolute Gasteiger partial charge is 0.369 e. The molecule has 0 spiro atoms. The predicted molar refractivity (Wildman–Crippen MR) is 158 cm³/mol. The highest BCUT2D eigenvalue weighted by atomic mass is 19.4. The maximum absolute atomic E-state index is 13.4. The fraction of sp³-hybridized carbons (Fsp3) is 0.206. The number of hydrogen-bond donors (Lipinski definition) is 1. The minimum absolute atomic E-state index is 0.0260. The van der Waals surface area contributed by atoms with Crippen molar-refractivity contribution >= 4 is 22.6 Å². The van der Waals surface area contributed by atoms with Crippen LogP contribution in [0.25, 0.3) is 22.0 Å². The average Bonchev–Trinajstić information content (AvgIpc) is 3.85. The van der Waals surface area contributed by atoms with E-state index in [1.165, 1.54) is 17.7 Å². The first-order chi connectivity index (χ1) is 20.3. The first kappa shape index (κ1) is 27.4. The van der Waals surface area contributed by atoms with Gasteiger partial charge in [0.1, 0.15) is 12.1 Å². The third-order valence-corrected chi connectivity index (χ3v) is 7.48. The standard InChI is InChI=1S/C34H29F3N4O/c35-34(36,37)28-11-5-10-27(19-28)33(42)41(29-13-14-29)21-24-8-4-9-25(18-24)26-12-15-31-30(20-26)32(40-22-39-31)38-17-16-23-6-2-1-3-7-23/h1-12,15,18-20,22,29H,13-14,16-17,21H2,(H,38,39,40). The molecule has 1 saturated carbocycles. The zero-order valence-corrected chi connectivity index (χ0v) is 22.8. The molecule has 1 aliphatic carbocycles. The van der Waals surface area contributed by atoms with Crippen LogP contribution in [0.15, 0.2) is 103 Å². The number of alkyl halides is 3. The van der Waals surface area contributed by atoms with Gasteiger partial charge >= 0.3 is 6.18 Å². The molecule has 0 radical (unpaired) electrons. The topological polar surface area (TPSA) is 58.1 Å². The second-order valence-corrected chi connectivity index (χ2v) is 10.6. The van der Waals surface area contributed by atoms with Crippen molar-refractivity contribution in [3.05, 3.63) is 126 Å². The van der Waals surface area contributed by atoms with Crippen LogP contribution in [0.4, 0.5) is 19.0 Å². The molecule has 4 aromatic carbocycles. The molecule has 0 unspecified atom stereocenters. The number of carbonyl (C=O) groups excluding carboxylic acids is 1. The Labute approximate surface area is 242 Å². The van der Waals surface area contributed by atoms with Crippen LogP contribution < -0.4 is 5.32 Å². The number of anilines is 1. The number of nitrogens with zero attached hydrogens (tertiary/aromatic N) is 3. The third kappa shape index (κ3) is 6.28. The summed E-state index contributed by atoms with van der Waals surface area (Å²) in [5.74, 6) is 0.378. The molecule has 212 valence electrons. The number of fused-ring (bicyclic) bond motifs is 1. The Kier molecular flexibility index (Phi) is 7.61. The van der Waals surface area contributed by atoms with Gasteiger partial charge in [0.2, 0.25) is 0 Å². The lowest BCUT2D eigenvalue weighted by atomic mass is 10.0. The molecule has 0 aliphatic heterocycles. The molecule has 0 atom stereocenters. The van der Waals surface area contributed by atoms with Gasteiger partial charge in [0.25, 0.3) is 5.91 Å². The monoisotopic (exact) mass is 566 g/mol. The minimum Gasteiger partial charge on any atom is -0.369 e. The summed E-state index contributed by atoms with van der Waals surface area (Å²) >= 11 is 0. The largest absolute Gasteiger partial charge is 0.416 e. The van der Waals surface area contributed by atoms with Crippen LogP contribution in [-0.4, -0.2) is 33.4 Å². The number of halogens is 3. The summed E-state index contributed by atoms with van der Waals surface area (Å²) in [6.45, 7) is 1.04. The van der Waals surface area contributed by atoms with Crippen LogP contribution in [0.2, 0.25) is 0 Å². The Morgan fingerprint density at radius 3 is 2.38 bits per heavy atom.